The number of carbonyl (C=O) groups excluding carboxylic acids is 1. The van der Waals surface area contributed by atoms with E-state index in [0.29, 0.717) is 18.4 Å². The highest BCUT2D eigenvalue weighted by Gasteiger charge is 2.69. The average molecular weight is 310 g/mol. The number of esters is 1. The smallest absolute Gasteiger partial charge is 0.302 e. The first kappa shape index (κ1) is 16.0. The maximum Gasteiger partial charge on any atom is 0.302 e. The Labute approximate surface area is 131 Å². The van der Waals surface area contributed by atoms with Crippen LogP contribution in [0.15, 0.2) is 12.2 Å². The van der Waals surface area contributed by atoms with Gasteiger partial charge in [-0.2, -0.15) is 0 Å². The molecule has 0 radical (unpaired) electrons. The van der Waals surface area contributed by atoms with E-state index in [0.717, 1.165) is 31.3 Å². The third-order valence-corrected chi connectivity index (χ3v) is 5.93. The van der Waals surface area contributed by atoms with Crippen LogP contribution in [0.5, 0.6) is 0 Å². The van der Waals surface area contributed by atoms with Crippen molar-refractivity contribution in [2.75, 3.05) is 6.61 Å². The molecule has 1 heterocycles. The highest BCUT2D eigenvalue weighted by Crippen LogP contribution is 2.70. The minimum atomic E-state index is -0.853. The first-order valence-electron chi connectivity index (χ1n) is 8.19. The summed E-state index contributed by atoms with van der Waals surface area (Å²) in [5.74, 6) is 0.883. The van der Waals surface area contributed by atoms with Gasteiger partial charge in [0.15, 0.2) is 6.29 Å². The van der Waals surface area contributed by atoms with E-state index in [2.05, 4.69) is 6.58 Å². The summed E-state index contributed by atoms with van der Waals surface area (Å²) in [4.78, 5) is 11.2. The molecule has 1 aliphatic heterocycles. The van der Waals surface area contributed by atoms with Crippen molar-refractivity contribution >= 4 is 5.97 Å². The Morgan fingerprint density at radius 2 is 2.32 bits per heavy atom. The minimum Gasteiger partial charge on any atom is -0.465 e. The summed E-state index contributed by atoms with van der Waals surface area (Å²) in [6, 6.07) is 0. The van der Waals surface area contributed by atoms with Gasteiger partial charge >= 0.3 is 5.97 Å². The molecule has 2 N–H and O–H groups in total. The van der Waals surface area contributed by atoms with Crippen LogP contribution in [-0.2, 0) is 14.3 Å². The molecular weight excluding hydrogens is 284 g/mol. The molecule has 0 aromatic heterocycles. The van der Waals surface area contributed by atoms with Gasteiger partial charge in [-0.05, 0) is 50.0 Å². The summed E-state index contributed by atoms with van der Waals surface area (Å²) in [7, 11) is 0. The van der Waals surface area contributed by atoms with Crippen LogP contribution in [0.3, 0.4) is 0 Å². The number of fused-ring (bicyclic) bond motifs is 2. The molecule has 5 heteroatoms. The molecule has 3 rings (SSSR count). The quantitative estimate of drug-likeness (QED) is 0.596. The zero-order valence-electron chi connectivity index (χ0n) is 13.3. The molecule has 2 aliphatic carbocycles. The van der Waals surface area contributed by atoms with E-state index in [4.69, 9.17) is 9.47 Å². The van der Waals surface area contributed by atoms with Crippen LogP contribution in [0.2, 0.25) is 0 Å². The van der Waals surface area contributed by atoms with Crippen molar-refractivity contribution in [2.45, 2.75) is 58.0 Å². The second kappa shape index (κ2) is 5.62. The van der Waals surface area contributed by atoms with Gasteiger partial charge in [0.1, 0.15) is 0 Å². The minimum absolute atomic E-state index is 0.0224. The molecule has 124 valence electrons. The van der Waals surface area contributed by atoms with Gasteiger partial charge in [0.25, 0.3) is 0 Å². The molecule has 0 bridgehead atoms. The molecule has 0 aromatic rings. The lowest BCUT2D eigenvalue weighted by atomic mass is 9.78. The Kier molecular flexibility index (Phi) is 4.08. The molecule has 1 saturated heterocycles. The first-order chi connectivity index (χ1) is 10.3. The molecule has 0 amide bonds. The Hall–Kier alpha value is -0.910. The molecule has 2 saturated carbocycles. The SMILES string of the molecule is C=C1[C@H](O)O[C@@H]2C[C@]3(COC(C)=O)[C@@H](CC[C@H](C)O)[C@@H]3C[C@H]12. The second-order valence-electron chi connectivity index (χ2n) is 7.30. The van der Waals surface area contributed by atoms with Crippen LogP contribution in [-0.4, -0.2) is 41.3 Å². The predicted octanol–water partition coefficient (Wildman–Crippen LogP) is 1.63. The van der Waals surface area contributed by atoms with Crippen molar-refractivity contribution in [3.05, 3.63) is 12.2 Å². The molecule has 7 atom stereocenters. The number of hydrogen-bond donors (Lipinski definition) is 2. The molecule has 5 nitrogen and oxygen atoms in total. The van der Waals surface area contributed by atoms with E-state index < -0.39 is 6.29 Å². The van der Waals surface area contributed by atoms with Crippen LogP contribution in [0.4, 0.5) is 0 Å². The number of carbonyl (C=O) groups is 1. The second-order valence-corrected chi connectivity index (χ2v) is 7.30. The fourth-order valence-corrected chi connectivity index (χ4v) is 4.70. The first-order valence-corrected chi connectivity index (χ1v) is 8.19. The van der Waals surface area contributed by atoms with Crippen molar-refractivity contribution in [1.82, 2.24) is 0 Å². The van der Waals surface area contributed by atoms with Crippen molar-refractivity contribution in [2.24, 2.45) is 23.2 Å². The topological polar surface area (TPSA) is 76.0 Å². The highest BCUT2D eigenvalue weighted by atomic mass is 16.6. The largest absolute Gasteiger partial charge is 0.465 e. The zero-order valence-corrected chi connectivity index (χ0v) is 13.3. The standard InChI is InChI=1S/C17H26O5/c1-9(18)4-5-13-14-6-12-10(2)16(20)22-15(12)7-17(13,14)8-21-11(3)19/h9,12-16,18,20H,2,4-8H2,1,3H3/t9-,12+,13-,14-,15+,16+,17-/m0/s1. The number of rotatable bonds is 5. The van der Waals surface area contributed by atoms with Gasteiger partial charge < -0.3 is 19.7 Å². The molecule has 0 unspecified atom stereocenters. The normalized spacial score (nSPS) is 44.2. The van der Waals surface area contributed by atoms with Gasteiger partial charge in [-0.1, -0.05) is 6.58 Å². The Morgan fingerprint density at radius 1 is 1.59 bits per heavy atom. The Bertz CT molecular complexity index is 474. The third kappa shape index (κ3) is 2.59. The van der Waals surface area contributed by atoms with E-state index in [1.807, 2.05) is 0 Å². The molecule has 3 fully saturated rings. The van der Waals surface area contributed by atoms with E-state index in [9.17, 15) is 15.0 Å². The van der Waals surface area contributed by atoms with Crippen molar-refractivity contribution in [3.63, 3.8) is 0 Å². The molecule has 0 aromatic carbocycles. The lowest BCUT2D eigenvalue weighted by molar-refractivity contribution is -0.145. The van der Waals surface area contributed by atoms with Crippen LogP contribution in [0.1, 0.15) is 39.5 Å². The number of aliphatic hydroxyl groups excluding tert-OH is 2. The summed E-state index contributed by atoms with van der Waals surface area (Å²) in [6.07, 6.45) is 2.27. The number of hydrogen-bond acceptors (Lipinski definition) is 5. The Morgan fingerprint density at radius 3 is 2.95 bits per heavy atom. The maximum atomic E-state index is 11.2. The van der Waals surface area contributed by atoms with Gasteiger partial charge in [0.05, 0.1) is 18.8 Å². The number of aliphatic hydroxyl groups is 2. The number of ether oxygens (including phenoxy) is 2. The highest BCUT2D eigenvalue weighted by molar-refractivity contribution is 5.66. The monoisotopic (exact) mass is 310 g/mol. The fourth-order valence-electron chi connectivity index (χ4n) is 4.70. The zero-order chi connectivity index (χ0) is 16.1. The van der Waals surface area contributed by atoms with Gasteiger partial charge in [-0.25, -0.2) is 0 Å². The van der Waals surface area contributed by atoms with E-state index in [1.54, 1.807) is 6.92 Å². The van der Waals surface area contributed by atoms with Crippen molar-refractivity contribution in [1.29, 1.82) is 0 Å². The van der Waals surface area contributed by atoms with Gasteiger partial charge in [-0.15, -0.1) is 0 Å². The van der Waals surface area contributed by atoms with Crippen LogP contribution < -0.4 is 0 Å². The lowest BCUT2D eigenvalue weighted by Crippen LogP contribution is -2.31. The van der Waals surface area contributed by atoms with Crippen LogP contribution in [0, 0.1) is 23.2 Å². The predicted molar refractivity (Wildman–Crippen MR) is 79.7 cm³/mol. The fraction of sp³-hybridized carbons (Fsp3) is 0.824. The van der Waals surface area contributed by atoms with E-state index in [-0.39, 0.29) is 29.5 Å². The molecule has 22 heavy (non-hydrogen) atoms. The van der Waals surface area contributed by atoms with Gasteiger partial charge in [0.2, 0.25) is 0 Å². The Balaban J connectivity index is 1.72. The summed E-state index contributed by atoms with van der Waals surface area (Å²) in [5.41, 5.74) is 0.749. The van der Waals surface area contributed by atoms with Crippen molar-refractivity contribution in [3.8, 4) is 0 Å². The van der Waals surface area contributed by atoms with Gasteiger partial charge in [0, 0.05) is 18.3 Å². The summed E-state index contributed by atoms with van der Waals surface area (Å²) >= 11 is 0. The maximum absolute atomic E-state index is 11.2. The third-order valence-electron chi connectivity index (χ3n) is 5.93. The van der Waals surface area contributed by atoms with E-state index >= 15 is 0 Å². The summed E-state index contributed by atoms with van der Waals surface area (Å²) in [6.45, 7) is 7.63. The van der Waals surface area contributed by atoms with E-state index in [1.165, 1.54) is 6.92 Å². The van der Waals surface area contributed by atoms with Crippen LogP contribution in [0.25, 0.3) is 0 Å². The van der Waals surface area contributed by atoms with Crippen molar-refractivity contribution < 1.29 is 24.5 Å². The molecular formula is C17H26O5. The molecule has 0 spiro atoms. The van der Waals surface area contributed by atoms with Gasteiger partial charge in [-0.3, -0.25) is 4.79 Å². The summed E-state index contributed by atoms with van der Waals surface area (Å²) in [5, 5.41) is 19.4. The average Bonchev–Trinajstić information content (AvgIpc) is 2.98. The summed E-state index contributed by atoms with van der Waals surface area (Å²) < 4.78 is 11.0. The molecule has 3 aliphatic rings. The lowest BCUT2D eigenvalue weighted by Gasteiger charge is -2.30. The van der Waals surface area contributed by atoms with Crippen LogP contribution >= 0.6 is 0 Å².